The monoisotopic (exact) mass is 467 g/mol. The lowest BCUT2D eigenvalue weighted by Crippen LogP contribution is -2.13. The SMILES string of the molecule is CCOc1ccc(C(=O)Nc2nn(Cc3ccc(Cl)c(Cl)c3)cc2Cl)cc1OCC. The number of anilines is 1. The Balaban J connectivity index is 1.75. The molecule has 3 rings (SSSR count). The van der Waals surface area contributed by atoms with Crippen molar-refractivity contribution in [3.8, 4) is 11.5 Å². The maximum Gasteiger partial charge on any atom is 0.257 e. The zero-order valence-electron chi connectivity index (χ0n) is 16.4. The molecule has 2 aromatic carbocycles. The van der Waals surface area contributed by atoms with Gasteiger partial charge >= 0.3 is 0 Å². The van der Waals surface area contributed by atoms with Crippen LogP contribution in [0, 0.1) is 0 Å². The van der Waals surface area contributed by atoms with Crippen LogP contribution in [0.2, 0.25) is 15.1 Å². The maximum absolute atomic E-state index is 12.7. The molecule has 1 aromatic heterocycles. The molecule has 1 amide bonds. The average Bonchev–Trinajstić information content (AvgIpc) is 3.05. The van der Waals surface area contributed by atoms with Gasteiger partial charge in [-0.1, -0.05) is 40.9 Å². The third kappa shape index (κ3) is 5.39. The fraction of sp³-hybridized carbons (Fsp3) is 0.238. The van der Waals surface area contributed by atoms with Gasteiger partial charge in [0.2, 0.25) is 0 Å². The topological polar surface area (TPSA) is 65.4 Å². The van der Waals surface area contributed by atoms with E-state index < -0.39 is 0 Å². The molecule has 3 aromatic rings. The van der Waals surface area contributed by atoms with Crippen LogP contribution in [0.25, 0.3) is 0 Å². The van der Waals surface area contributed by atoms with Gasteiger partial charge in [0.15, 0.2) is 17.3 Å². The molecule has 0 aliphatic heterocycles. The van der Waals surface area contributed by atoms with Crippen LogP contribution >= 0.6 is 34.8 Å². The Kier molecular flexibility index (Phi) is 7.48. The Morgan fingerprint density at radius 1 is 0.967 bits per heavy atom. The fourth-order valence-corrected chi connectivity index (χ4v) is 3.28. The van der Waals surface area contributed by atoms with E-state index in [-0.39, 0.29) is 11.7 Å². The van der Waals surface area contributed by atoms with Crippen LogP contribution in [-0.2, 0) is 6.54 Å². The molecule has 1 heterocycles. The molecule has 0 aliphatic carbocycles. The van der Waals surface area contributed by atoms with Gasteiger partial charge in [-0.25, -0.2) is 0 Å². The molecule has 0 atom stereocenters. The normalized spacial score (nSPS) is 10.7. The van der Waals surface area contributed by atoms with Crippen LogP contribution < -0.4 is 14.8 Å². The van der Waals surface area contributed by atoms with Gasteiger partial charge in [0, 0.05) is 11.8 Å². The average molecular weight is 469 g/mol. The third-order valence-electron chi connectivity index (χ3n) is 4.08. The van der Waals surface area contributed by atoms with Crippen molar-refractivity contribution < 1.29 is 14.3 Å². The van der Waals surface area contributed by atoms with Crippen LogP contribution in [0.3, 0.4) is 0 Å². The molecular weight excluding hydrogens is 449 g/mol. The van der Waals surface area contributed by atoms with Crippen LogP contribution in [0.1, 0.15) is 29.8 Å². The van der Waals surface area contributed by atoms with Gasteiger partial charge in [-0.2, -0.15) is 5.10 Å². The Bertz CT molecular complexity index is 1050. The third-order valence-corrected chi connectivity index (χ3v) is 5.10. The highest BCUT2D eigenvalue weighted by atomic mass is 35.5. The van der Waals surface area contributed by atoms with Crippen molar-refractivity contribution in [2.24, 2.45) is 0 Å². The van der Waals surface area contributed by atoms with Gasteiger partial charge in [-0.15, -0.1) is 0 Å². The second-order valence-corrected chi connectivity index (χ2v) is 7.47. The molecule has 158 valence electrons. The number of benzene rings is 2. The summed E-state index contributed by atoms with van der Waals surface area (Å²) in [6.07, 6.45) is 1.63. The van der Waals surface area contributed by atoms with Crippen molar-refractivity contribution in [2.75, 3.05) is 18.5 Å². The summed E-state index contributed by atoms with van der Waals surface area (Å²) in [6.45, 7) is 5.12. The summed E-state index contributed by atoms with van der Waals surface area (Å²) in [6, 6.07) is 10.3. The van der Waals surface area contributed by atoms with Crippen molar-refractivity contribution in [1.29, 1.82) is 0 Å². The minimum atomic E-state index is -0.360. The Labute approximate surface area is 189 Å². The van der Waals surface area contributed by atoms with Crippen molar-refractivity contribution >= 4 is 46.5 Å². The number of nitrogens with one attached hydrogen (secondary N) is 1. The molecule has 0 radical (unpaired) electrons. The molecule has 0 saturated heterocycles. The highest BCUT2D eigenvalue weighted by Crippen LogP contribution is 2.29. The van der Waals surface area contributed by atoms with Gasteiger partial charge in [0.25, 0.3) is 5.91 Å². The zero-order valence-corrected chi connectivity index (χ0v) is 18.7. The minimum absolute atomic E-state index is 0.258. The molecular formula is C21H20Cl3N3O3. The van der Waals surface area contributed by atoms with Gasteiger partial charge in [-0.05, 0) is 49.7 Å². The summed E-state index contributed by atoms with van der Waals surface area (Å²) in [7, 11) is 0. The Hall–Kier alpha value is -2.41. The van der Waals surface area contributed by atoms with E-state index in [9.17, 15) is 4.79 Å². The van der Waals surface area contributed by atoms with Gasteiger partial charge in [0.05, 0.1) is 29.8 Å². The quantitative estimate of drug-likeness (QED) is 0.444. The van der Waals surface area contributed by atoms with Gasteiger partial charge in [0.1, 0.15) is 5.02 Å². The zero-order chi connectivity index (χ0) is 21.7. The highest BCUT2D eigenvalue weighted by Gasteiger charge is 2.15. The van der Waals surface area contributed by atoms with Gasteiger partial charge < -0.3 is 14.8 Å². The van der Waals surface area contributed by atoms with Crippen LogP contribution in [0.4, 0.5) is 5.82 Å². The number of ether oxygens (including phenoxy) is 2. The van der Waals surface area contributed by atoms with E-state index in [1.165, 1.54) is 0 Å². The summed E-state index contributed by atoms with van der Waals surface area (Å²) < 4.78 is 12.7. The van der Waals surface area contributed by atoms with E-state index in [4.69, 9.17) is 44.3 Å². The lowest BCUT2D eigenvalue weighted by molar-refractivity contribution is 0.102. The molecule has 0 spiro atoms. The van der Waals surface area contributed by atoms with Crippen LogP contribution in [-0.4, -0.2) is 28.9 Å². The van der Waals surface area contributed by atoms with Crippen molar-refractivity contribution in [3.05, 3.63) is 68.8 Å². The predicted octanol–water partition coefficient (Wildman–Crippen LogP) is 5.94. The van der Waals surface area contributed by atoms with E-state index in [2.05, 4.69) is 10.4 Å². The number of halogens is 3. The van der Waals surface area contributed by atoms with E-state index in [1.807, 2.05) is 19.9 Å². The number of hydrogen-bond donors (Lipinski definition) is 1. The number of rotatable bonds is 8. The first kappa shape index (κ1) is 22.3. The standard InChI is InChI=1S/C21H20Cl3N3O3/c1-3-29-18-8-6-14(10-19(18)30-4-2)21(28)25-20-17(24)12-27(26-20)11-13-5-7-15(22)16(23)9-13/h5-10,12H,3-4,11H2,1-2H3,(H,25,26,28). The number of amides is 1. The summed E-state index contributed by atoms with van der Waals surface area (Å²) in [5.41, 5.74) is 1.30. The van der Waals surface area contributed by atoms with E-state index >= 15 is 0 Å². The van der Waals surface area contributed by atoms with E-state index in [0.717, 1.165) is 5.56 Å². The minimum Gasteiger partial charge on any atom is -0.490 e. The van der Waals surface area contributed by atoms with Crippen LogP contribution in [0.15, 0.2) is 42.6 Å². The molecule has 0 unspecified atom stereocenters. The molecule has 9 heteroatoms. The van der Waals surface area contributed by atoms with Crippen LogP contribution in [0.5, 0.6) is 11.5 Å². The van der Waals surface area contributed by atoms with Gasteiger partial charge in [-0.3, -0.25) is 9.48 Å². The summed E-state index contributed by atoms with van der Waals surface area (Å²) in [4.78, 5) is 12.7. The number of carbonyl (C=O) groups excluding carboxylic acids is 1. The first-order chi connectivity index (χ1) is 14.4. The maximum atomic E-state index is 12.7. The summed E-state index contributed by atoms with van der Waals surface area (Å²) in [5.74, 6) is 0.984. The summed E-state index contributed by atoms with van der Waals surface area (Å²) >= 11 is 18.3. The first-order valence-corrected chi connectivity index (χ1v) is 10.4. The van der Waals surface area contributed by atoms with E-state index in [0.29, 0.717) is 51.9 Å². The Morgan fingerprint density at radius 2 is 1.70 bits per heavy atom. The fourth-order valence-electron chi connectivity index (χ4n) is 2.76. The largest absolute Gasteiger partial charge is 0.490 e. The molecule has 1 N–H and O–H groups in total. The predicted molar refractivity (Wildman–Crippen MR) is 120 cm³/mol. The molecule has 0 saturated carbocycles. The van der Waals surface area contributed by atoms with Crippen molar-refractivity contribution in [2.45, 2.75) is 20.4 Å². The smallest absolute Gasteiger partial charge is 0.257 e. The molecule has 30 heavy (non-hydrogen) atoms. The molecule has 0 fully saturated rings. The number of nitrogens with zero attached hydrogens (tertiary/aromatic N) is 2. The van der Waals surface area contributed by atoms with E-state index in [1.54, 1.807) is 41.2 Å². The lowest BCUT2D eigenvalue weighted by Gasteiger charge is -2.12. The second-order valence-electron chi connectivity index (χ2n) is 6.25. The number of aromatic nitrogens is 2. The molecule has 6 nitrogen and oxygen atoms in total. The number of carbonyl (C=O) groups is 1. The first-order valence-electron chi connectivity index (χ1n) is 9.29. The lowest BCUT2D eigenvalue weighted by atomic mass is 10.2. The Morgan fingerprint density at radius 3 is 2.40 bits per heavy atom. The van der Waals surface area contributed by atoms with Crippen molar-refractivity contribution in [1.82, 2.24) is 9.78 Å². The summed E-state index contributed by atoms with van der Waals surface area (Å²) in [5, 5.41) is 8.34. The highest BCUT2D eigenvalue weighted by molar-refractivity contribution is 6.42. The number of hydrogen-bond acceptors (Lipinski definition) is 4. The van der Waals surface area contributed by atoms with Crippen molar-refractivity contribution in [3.63, 3.8) is 0 Å². The second kappa shape index (κ2) is 10.1. The molecule has 0 bridgehead atoms. The molecule has 0 aliphatic rings.